The summed E-state index contributed by atoms with van der Waals surface area (Å²) in [6.45, 7) is 0. The standard InChI is InChI=1S/C16H10N2O/c19-13-4-5-14-10(6-13)2-1-3-11-8-16-12(7-15(11)14)9-17-18-16/h1-5,7-9H,6H2. The average molecular weight is 246 g/mol. The molecule has 1 aromatic heterocycles. The Bertz CT molecular complexity index is 865. The largest absolute Gasteiger partial charge is 0.294 e. The number of nitrogens with zero attached hydrogens (tertiary/aromatic N) is 2. The van der Waals surface area contributed by atoms with Gasteiger partial charge in [0, 0.05) is 11.8 Å². The molecule has 0 bridgehead atoms. The van der Waals surface area contributed by atoms with Crippen LogP contribution in [-0.4, -0.2) is 16.0 Å². The van der Waals surface area contributed by atoms with Crippen LogP contribution in [0, 0.1) is 0 Å². The minimum Gasteiger partial charge on any atom is -0.294 e. The van der Waals surface area contributed by atoms with Crippen LogP contribution in [0.3, 0.4) is 0 Å². The maximum Gasteiger partial charge on any atom is 0.160 e. The van der Waals surface area contributed by atoms with Gasteiger partial charge >= 0.3 is 0 Å². The predicted octanol–water partition coefficient (Wildman–Crippen LogP) is 2.92. The van der Waals surface area contributed by atoms with E-state index in [1.165, 1.54) is 0 Å². The maximum absolute atomic E-state index is 11.5. The molecule has 0 aliphatic heterocycles. The van der Waals surface area contributed by atoms with Crippen LogP contribution in [0.15, 0.2) is 42.6 Å². The van der Waals surface area contributed by atoms with Gasteiger partial charge in [-0.15, -0.1) is 0 Å². The van der Waals surface area contributed by atoms with E-state index < -0.39 is 0 Å². The van der Waals surface area contributed by atoms with Gasteiger partial charge in [0.15, 0.2) is 5.78 Å². The summed E-state index contributed by atoms with van der Waals surface area (Å²) in [5.41, 5.74) is 3.11. The molecular formula is C16H10N2O. The van der Waals surface area contributed by atoms with E-state index in [4.69, 9.17) is 0 Å². The molecule has 90 valence electrons. The summed E-state index contributed by atoms with van der Waals surface area (Å²) in [5.74, 6) is 0.157. The first-order valence-electron chi connectivity index (χ1n) is 6.19. The van der Waals surface area contributed by atoms with Gasteiger partial charge in [-0.3, -0.25) is 4.79 Å². The Balaban J connectivity index is 2.18. The van der Waals surface area contributed by atoms with Gasteiger partial charge in [-0.25, -0.2) is 0 Å². The van der Waals surface area contributed by atoms with Crippen molar-refractivity contribution in [3.05, 3.63) is 53.7 Å². The number of aromatic nitrogens is 2. The number of carbonyl (C=O) groups is 1. The van der Waals surface area contributed by atoms with Crippen LogP contribution in [0.4, 0.5) is 0 Å². The second-order valence-electron chi connectivity index (χ2n) is 4.78. The van der Waals surface area contributed by atoms with Crippen molar-refractivity contribution in [2.45, 2.75) is 6.42 Å². The summed E-state index contributed by atoms with van der Waals surface area (Å²) < 4.78 is 0. The van der Waals surface area contributed by atoms with Gasteiger partial charge in [-0.2, -0.15) is 10.2 Å². The number of hydrogen-bond acceptors (Lipinski definition) is 3. The minimum atomic E-state index is 0.157. The summed E-state index contributed by atoms with van der Waals surface area (Å²) in [6.07, 6.45) is 5.82. The van der Waals surface area contributed by atoms with E-state index in [2.05, 4.69) is 22.3 Å². The Kier molecular flexibility index (Phi) is 2.03. The summed E-state index contributed by atoms with van der Waals surface area (Å²) in [5, 5.41) is 11.3. The molecule has 0 N–H and O–H groups in total. The van der Waals surface area contributed by atoms with E-state index in [-0.39, 0.29) is 5.78 Å². The lowest BCUT2D eigenvalue weighted by atomic mass is 9.95. The molecule has 3 nitrogen and oxygen atoms in total. The molecule has 2 aromatic carbocycles. The number of fused-ring (bicyclic) bond motifs is 4. The minimum absolute atomic E-state index is 0.157. The van der Waals surface area contributed by atoms with Gasteiger partial charge in [0.05, 0.1) is 11.7 Å². The molecule has 0 unspecified atom stereocenters. The van der Waals surface area contributed by atoms with Crippen LogP contribution in [0.1, 0.15) is 11.1 Å². The predicted molar refractivity (Wildman–Crippen MR) is 74.8 cm³/mol. The number of ketones is 1. The zero-order valence-corrected chi connectivity index (χ0v) is 10.1. The Morgan fingerprint density at radius 2 is 2.00 bits per heavy atom. The summed E-state index contributed by atoms with van der Waals surface area (Å²) in [7, 11) is 0. The van der Waals surface area contributed by atoms with E-state index >= 15 is 0 Å². The van der Waals surface area contributed by atoms with Gasteiger partial charge in [-0.1, -0.05) is 24.3 Å². The van der Waals surface area contributed by atoms with Crippen LogP contribution >= 0.6 is 0 Å². The van der Waals surface area contributed by atoms with Crippen molar-refractivity contribution >= 4 is 33.5 Å². The fourth-order valence-corrected chi connectivity index (χ4v) is 2.64. The van der Waals surface area contributed by atoms with Crippen molar-refractivity contribution in [1.29, 1.82) is 0 Å². The molecule has 0 fully saturated rings. The van der Waals surface area contributed by atoms with Crippen molar-refractivity contribution in [1.82, 2.24) is 10.2 Å². The number of benzene rings is 1. The molecule has 0 amide bonds. The third-order valence-electron chi connectivity index (χ3n) is 3.57. The van der Waals surface area contributed by atoms with Crippen LogP contribution in [-0.2, 0) is 11.2 Å². The normalized spacial score (nSPS) is 14.0. The molecular weight excluding hydrogens is 236 g/mol. The first-order chi connectivity index (χ1) is 9.31. The van der Waals surface area contributed by atoms with E-state index in [1.54, 1.807) is 12.3 Å². The van der Waals surface area contributed by atoms with E-state index in [9.17, 15) is 4.79 Å². The number of hydrogen-bond donors (Lipinski definition) is 0. The van der Waals surface area contributed by atoms with Crippen molar-refractivity contribution in [3.63, 3.8) is 0 Å². The van der Waals surface area contributed by atoms with Crippen LogP contribution in [0.5, 0.6) is 0 Å². The summed E-state index contributed by atoms with van der Waals surface area (Å²) in [4.78, 5) is 11.5. The third kappa shape index (κ3) is 1.55. The topological polar surface area (TPSA) is 42.9 Å². The lowest BCUT2D eigenvalue weighted by Gasteiger charge is -2.08. The number of rotatable bonds is 0. The SMILES string of the molecule is O=C1C=Cc2c(cccc3cc4nncc4cc23)C1. The molecule has 0 spiro atoms. The van der Waals surface area contributed by atoms with E-state index in [0.29, 0.717) is 6.42 Å². The van der Waals surface area contributed by atoms with Crippen LogP contribution in [0.25, 0.3) is 27.8 Å². The lowest BCUT2D eigenvalue weighted by Crippen LogP contribution is -2.03. The molecule has 19 heavy (non-hydrogen) atoms. The molecule has 3 heteroatoms. The quantitative estimate of drug-likeness (QED) is 0.612. The fraction of sp³-hybridized carbons (Fsp3) is 0.0625. The van der Waals surface area contributed by atoms with Crippen molar-refractivity contribution < 1.29 is 4.79 Å². The molecule has 0 saturated heterocycles. The lowest BCUT2D eigenvalue weighted by molar-refractivity contribution is -0.114. The van der Waals surface area contributed by atoms with Gasteiger partial charge in [0.25, 0.3) is 0 Å². The van der Waals surface area contributed by atoms with Gasteiger partial charge in [-0.05, 0) is 40.1 Å². The second kappa shape index (κ2) is 3.72. The van der Waals surface area contributed by atoms with Gasteiger partial charge < -0.3 is 0 Å². The first-order valence-corrected chi connectivity index (χ1v) is 6.19. The van der Waals surface area contributed by atoms with Crippen molar-refractivity contribution in [3.8, 4) is 0 Å². The highest BCUT2D eigenvalue weighted by Gasteiger charge is 2.12. The van der Waals surface area contributed by atoms with Crippen molar-refractivity contribution in [2.24, 2.45) is 0 Å². The van der Waals surface area contributed by atoms with Crippen LogP contribution in [0.2, 0.25) is 0 Å². The van der Waals surface area contributed by atoms with Crippen LogP contribution < -0.4 is 0 Å². The number of allylic oxidation sites excluding steroid dienone is 1. The third-order valence-corrected chi connectivity index (χ3v) is 3.57. The smallest absolute Gasteiger partial charge is 0.160 e. The molecule has 0 saturated carbocycles. The zero-order chi connectivity index (χ0) is 12.8. The molecule has 1 heterocycles. The molecule has 1 aliphatic rings. The molecule has 3 aromatic rings. The monoisotopic (exact) mass is 246 g/mol. The van der Waals surface area contributed by atoms with E-state index in [0.717, 1.165) is 32.8 Å². The number of carbonyl (C=O) groups excluding carboxylic acids is 1. The molecule has 0 atom stereocenters. The Morgan fingerprint density at radius 3 is 2.95 bits per heavy atom. The summed E-state index contributed by atoms with van der Waals surface area (Å²) in [6, 6.07) is 10.2. The molecule has 4 rings (SSSR count). The highest BCUT2D eigenvalue weighted by molar-refractivity contribution is 6.05. The zero-order valence-electron chi connectivity index (χ0n) is 10.1. The molecule has 0 radical (unpaired) electrons. The Hall–Kier alpha value is -2.55. The second-order valence-corrected chi connectivity index (χ2v) is 4.78. The Morgan fingerprint density at radius 1 is 1.05 bits per heavy atom. The summed E-state index contributed by atoms with van der Waals surface area (Å²) >= 11 is 0. The molecule has 1 aliphatic carbocycles. The maximum atomic E-state index is 11.5. The highest BCUT2D eigenvalue weighted by Crippen LogP contribution is 2.28. The highest BCUT2D eigenvalue weighted by atomic mass is 16.1. The average Bonchev–Trinajstić information content (AvgIpc) is 2.78. The fourth-order valence-electron chi connectivity index (χ4n) is 2.64. The first kappa shape index (κ1) is 10.4. The van der Waals surface area contributed by atoms with E-state index in [1.807, 2.05) is 24.3 Å². The van der Waals surface area contributed by atoms with Gasteiger partial charge in [0.2, 0.25) is 0 Å². The Labute approximate surface area is 109 Å². The van der Waals surface area contributed by atoms with Gasteiger partial charge in [0.1, 0.15) is 0 Å². The van der Waals surface area contributed by atoms with Crippen molar-refractivity contribution in [2.75, 3.05) is 0 Å².